The number of fused-ring (bicyclic) bond motifs is 1. The van der Waals surface area contributed by atoms with E-state index in [9.17, 15) is 9.59 Å². The number of ether oxygens (including phenoxy) is 3. The molecule has 1 aliphatic heterocycles. The van der Waals surface area contributed by atoms with E-state index < -0.39 is 6.04 Å². The quantitative estimate of drug-likeness (QED) is 0.207. The maximum absolute atomic E-state index is 14.3. The molecular formula is C34H33Cl2N3O5S. The Morgan fingerprint density at radius 1 is 1.00 bits per heavy atom. The summed E-state index contributed by atoms with van der Waals surface area (Å²) in [5.74, 6) is 1.43. The Balaban J connectivity index is 1.69. The number of nitrogens with zero attached hydrogens (tertiary/aromatic N) is 3. The van der Waals surface area contributed by atoms with Gasteiger partial charge < -0.3 is 19.1 Å². The van der Waals surface area contributed by atoms with Gasteiger partial charge in [-0.3, -0.25) is 14.2 Å². The van der Waals surface area contributed by atoms with Crippen LogP contribution in [-0.2, 0) is 11.4 Å². The van der Waals surface area contributed by atoms with Crippen molar-refractivity contribution in [1.29, 1.82) is 0 Å². The fourth-order valence-corrected chi connectivity index (χ4v) is 6.75. The maximum Gasteiger partial charge on any atom is 0.271 e. The van der Waals surface area contributed by atoms with Crippen LogP contribution in [-0.4, -0.2) is 42.7 Å². The molecule has 0 fully saturated rings. The number of benzene rings is 3. The fraction of sp³-hybridized carbons (Fsp3) is 0.265. The van der Waals surface area contributed by atoms with E-state index in [1.807, 2.05) is 32.0 Å². The van der Waals surface area contributed by atoms with E-state index in [-0.39, 0.29) is 18.1 Å². The largest absolute Gasteiger partial charge is 0.497 e. The number of aromatic nitrogens is 1. The van der Waals surface area contributed by atoms with Gasteiger partial charge in [0.1, 0.15) is 29.9 Å². The third-order valence-electron chi connectivity index (χ3n) is 7.58. The van der Waals surface area contributed by atoms with Gasteiger partial charge in [-0.1, -0.05) is 46.7 Å². The third-order valence-corrected chi connectivity index (χ3v) is 9.03. The first kappa shape index (κ1) is 32.3. The Morgan fingerprint density at radius 3 is 2.42 bits per heavy atom. The van der Waals surface area contributed by atoms with Crippen LogP contribution in [0.4, 0.5) is 0 Å². The predicted octanol–water partition coefficient (Wildman–Crippen LogP) is 6.01. The number of halogens is 2. The van der Waals surface area contributed by atoms with E-state index in [0.29, 0.717) is 72.1 Å². The molecule has 8 nitrogen and oxygen atoms in total. The van der Waals surface area contributed by atoms with Crippen molar-refractivity contribution in [2.75, 3.05) is 27.3 Å². The van der Waals surface area contributed by atoms with Gasteiger partial charge in [0.2, 0.25) is 0 Å². The molecule has 11 heteroatoms. The first-order valence-corrected chi connectivity index (χ1v) is 16.0. The van der Waals surface area contributed by atoms with E-state index in [0.717, 1.165) is 5.56 Å². The van der Waals surface area contributed by atoms with Gasteiger partial charge in [0.15, 0.2) is 4.80 Å². The highest BCUT2D eigenvalue weighted by Gasteiger charge is 2.36. The van der Waals surface area contributed by atoms with Crippen molar-refractivity contribution in [3.63, 3.8) is 0 Å². The maximum atomic E-state index is 14.3. The summed E-state index contributed by atoms with van der Waals surface area (Å²) in [4.78, 5) is 35.3. The van der Waals surface area contributed by atoms with Crippen LogP contribution in [0.1, 0.15) is 43.5 Å². The molecule has 0 bridgehead atoms. The molecule has 4 aromatic rings. The normalized spacial score (nSPS) is 14.6. The SMILES string of the molecule is CCN(CC)C(=O)C1=C(C)N=c2s/c(=C/c3cc(Cl)ccc3OCc3cccc(Cl)c3)c(=O)n2[C@H]1c1cc(OC)ccc1OC. The lowest BCUT2D eigenvalue weighted by Crippen LogP contribution is -2.43. The summed E-state index contributed by atoms with van der Waals surface area (Å²) in [5, 5.41) is 1.11. The van der Waals surface area contributed by atoms with Crippen molar-refractivity contribution < 1.29 is 19.0 Å². The van der Waals surface area contributed by atoms with Gasteiger partial charge >= 0.3 is 0 Å². The molecule has 5 rings (SSSR count). The van der Waals surface area contributed by atoms with E-state index in [4.69, 9.17) is 42.4 Å². The summed E-state index contributed by atoms with van der Waals surface area (Å²) in [7, 11) is 3.12. The van der Waals surface area contributed by atoms with Crippen LogP contribution in [0.15, 0.2) is 81.7 Å². The number of methoxy groups -OCH3 is 2. The molecule has 0 spiro atoms. The van der Waals surface area contributed by atoms with E-state index in [1.54, 1.807) is 79.2 Å². The zero-order valence-corrected chi connectivity index (χ0v) is 27.9. The highest BCUT2D eigenvalue weighted by atomic mass is 35.5. The van der Waals surface area contributed by atoms with Crippen LogP contribution in [0.25, 0.3) is 6.08 Å². The summed E-state index contributed by atoms with van der Waals surface area (Å²) in [6.07, 6.45) is 1.74. The average molecular weight is 667 g/mol. The molecule has 0 radical (unpaired) electrons. The molecule has 2 heterocycles. The minimum absolute atomic E-state index is 0.197. The minimum Gasteiger partial charge on any atom is -0.497 e. The van der Waals surface area contributed by atoms with Crippen molar-refractivity contribution in [2.24, 2.45) is 4.99 Å². The molecule has 0 saturated carbocycles. The van der Waals surface area contributed by atoms with E-state index >= 15 is 0 Å². The lowest BCUT2D eigenvalue weighted by molar-refractivity contribution is -0.127. The molecule has 0 unspecified atom stereocenters. The van der Waals surface area contributed by atoms with Gasteiger partial charge in [-0.2, -0.15) is 0 Å². The van der Waals surface area contributed by atoms with Gasteiger partial charge in [0.25, 0.3) is 11.5 Å². The molecule has 3 aromatic carbocycles. The average Bonchev–Trinajstić information content (AvgIpc) is 3.33. The van der Waals surface area contributed by atoms with Crippen LogP contribution < -0.4 is 29.1 Å². The molecule has 0 aliphatic carbocycles. The molecule has 234 valence electrons. The van der Waals surface area contributed by atoms with Crippen molar-refractivity contribution in [1.82, 2.24) is 9.47 Å². The van der Waals surface area contributed by atoms with Crippen molar-refractivity contribution in [2.45, 2.75) is 33.4 Å². The second-order valence-electron chi connectivity index (χ2n) is 10.3. The minimum atomic E-state index is -0.806. The molecule has 45 heavy (non-hydrogen) atoms. The molecule has 0 saturated heterocycles. The zero-order chi connectivity index (χ0) is 32.2. The molecule has 1 aliphatic rings. The van der Waals surface area contributed by atoms with Gasteiger partial charge in [-0.05, 0) is 80.9 Å². The standard InChI is InChI=1S/C34H33Cl2N3O5S/c1-6-38(7-2)33(41)30-20(3)37-34-39(31(30)26-18-25(42-4)12-14-28(26)43-5)32(40)29(45-34)17-22-16-24(36)11-13-27(22)44-19-21-9-8-10-23(35)15-21/h8-18,31H,6-7,19H2,1-5H3/b29-17+/t31-/m0/s1. The van der Waals surface area contributed by atoms with Crippen LogP contribution in [0.5, 0.6) is 17.2 Å². The number of carbonyl (C=O) groups excluding carboxylic acids is 1. The Labute approximate surface area is 275 Å². The number of allylic oxidation sites excluding steroid dienone is 1. The highest BCUT2D eigenvalue weighted by molar-refractivity contribution is 7.07. The molecular weight excluding hydrogens is 633 g/mol. The lowest BCUT2D eigenvalue weighted by atomic mass is 9.93. The summed E-state index contributed by atoms with van der Waals surface area (Å²) >= 11 is 13.8. The van der Waals surface area contributed by atoms with Gasteiger partial charge in [0.05, 0.1) is 30.0 Å². The summed E-state index contributed by atoms with van der Waals surface area (Å²) < 4.78 is 19.4. The Kier molecular flexibility index (Phi) is 10.0. The van der Waals surface area contributed by atoms with Crippen molar-refractivity contribution in [3.05, 3.63) is 118 Å². The Morgan fingerprint density at radius 2 is 1.73 bits per heavy atom. The number of carbonyl (C=O) groups is 1. The second kappa shape index (κ2) is 13.9. The van der Waals surface area contributed by atoms with Gasteiger partial charge in [0, 0.05) is 34.3 Å². The van der Waals surface area contributed by atoms with E-state index in [1.165, 1.54) is 11.3 Å². The van der Waals surface area contributed by atoms with Crippen LogP contribution in [0.3, 0.4) is 0 Å². The lowest BCUT2D eigenvalue weighted by Gasteiger charge is -2.30. The number of likely N-dealkylation sites (N-methyl/N-ethyl adjacent to an activating group) is 1. The van der Waals surface area contributed by atoms with E-state index in [2.05, 4.69) is 0 Å². The van der Waals surface area contributed by atoms with Crippen LogP contribution >= 0.6 is 34.5 Å². The summed E-state index contributed by atoms with van der Waals surface area (Å²) in [5.41, 5.74) is 2.76. The van der Waals surface area contributed by atoms with Crippen LogP contribution in [0.2, 0.25) is 10.0 Å². The number of hydrogen-bond donors (Lipinski definition) is 0. The van der Waals surface area contributed by atoms with Crippen LogP contribution in [0, 0.1) is 0 Å². The highest BCUT2D eigenvalue weighted by Crippen LogP contribution is 2.38. The number of rotatable bonds is 10. The van der Waals surface area contributed by atoms with Crippen molar-refractivity contribution >= 4 is 46.5 Å². The topological polar surface area (TPSA) is 82.4 Å². The third kappa shape index (κ3) is 6.66. The molecule has 1 aromatic heterocycles. The molecule has 0 N–H and O–H groups in total. The zero-order valence-electron chi connectivity index (χ0n) is 25.6. The fourth-order valence-electron chi connectivity index (χ4n) is 5.32. The van der Waals surface area contributed by atoms with Gasteiger partial charge in [-0.15, -0.1) is 0 Å². The number of amides is 1. The monoisotopic (exact) mass is 665 g/mol. The first-order chi connectivity index (χ1) is 21.7. The summed E-state index contributed by atoms with van der Waals surface area (Å²) in [6.45, 7) is 6.92. The second-order valence-corrected chi connectivity index (χ2v) is 12.1. The smallest absolute Gasteiger partial charge is 0.271 e. The number of thiazole rings is 1. The molecule has 1 amide bonds. The summed E-state index contributed by atoms with van der Waals surface area (Å²) in [6, 6.07) is 17.2. The van der Waals surface area contributed by atoms with Gasteiger partial charge in [-0.25, -0.2) is 4.99 Å². The predicted molar refractivity (Wildman–Crippen MR) is 178 cm³/mol. The number of hydrogen-bond acceptors (Lipinski definition) is 7. The Hall–Kier alpha value is -4.05. The molecule has 1 atom stereocenters. The van der Waals surface area contributed by atoms with Crippen molar-refractivity contribution in [3.8, 4) is 17.2 Å². The Bertz CT molecular complexity index is 1960. The first-order valence-electron chi connectivity index (χ1n) is 14.4.